The van der Waals surface area contributed by atoms with Crippen molar-refractivity contribution in [1.82, 2.24) is 5.32 Å². The molecule has 2 aromatic carbocycles. The number of hydrogen-bond acceptors (Lipinski definition) is 6. The van der Waals surface area contributed by atoms with Crippen LogP contribution in [0.3, 0.4) is 0 Å². The maximum absolute atomic E-state index is 12.6. The summed E-state index contributed by atoms with van der Waals surface area (Å²) in [7, 11) is 1.58. The lowest BCUT2D eigenvalue weighted by molar-refractivity contribution is -0.118. The van der Waals surface area contributed by atoms with E-state index in [0.717, 1.165) is 30.5 Å². The van der Waals surface area contributed by atoms with Crippen LogP contribution in [-0.2, 0) is 11.2 Å². The number of ether oxygens (including phenoxy) is 2. The van der Waals surface area contributed by atoms with Gasteiger partial charge in [0.15, 0.2) is 11.5 Å². The van der Waals surface area contributed by atoms with E-state index >= 15 is 0 Å². The van der Waals surface area contributed by atoms with Gasteiger partial charge in [-0.2, -0.15) is 5.26 Å². The van der Waals surface area contributed by atoms with Crippen molar-refractivity contribution in [1.29, 1.82) is 5.26 Å². The van der Waals surface area contributed by atoms with Gasteiger partial charge in [-0.25, -0.2) is 0 Å². The first kappa shape index (κ1) is 22.6. The number of benzene rings is 2. The molecule has 0 aromatic heterocycles. The van der Waals surface area contributed by atoms with Crippen LogP contribution in [0.25, 0.3) is 0 Å². The molecular formula is C24H27N3O3S. The van der Waals surface area contributed by atoms with Gasteiger partial charge in [-0.15, -0.1) is 12.6 Å². The number of nitrogens with one attached hydrogen (secondary N) is 1. The number of rotatable bonds is 8. The van der Waals surface area contributed by atoms with E-state index in [-0.39, 0.29) is 5.57 Å². The van der Waals surface area contributed by atoms with Crippen LogP contribution in [0.2, 0.25) is 0 Å². The Kier molecular flexibility index (Phi) is 7.48. The van der Waals surface area contributed by atoms with Gasteiger partial charge in [0.05, 0.1) is 18.7 Å². The molecular weight excluding hydrogens is 410 g/mol. The number of unbranched alkanes of at least 4 members (excludes halogenated alkanes) is 1. The van der Waals surface area contributed by atoms with Gasteiger partial charge in [0.2, 0.25) is 0 Å². The second-order valence-electron chi connectivity index (χ2n) is 7.17. The summed E-state index contributed by atoms with van der Waals surface area (Å²) >= 11 is 4.56. The summed E-state index contributed by atoms with van der Waals surface area (Å²) in [5, 5.41) is 12.7. The van der Waals surface area contributed by atoms with Crippen LogP contribution in [0.5, 0.6) is 11.5 Å². The molecule has 1 heterocycles. The van der Waals surface area contributed by atoms with Gasteiger partial charge in [0.1, 0.15) is 17.8 Å². The smallest absolute Gasteiger partial charge is 0.266 e. The molecule has 0 radical (unpaired) electrons. The van der Waals surface area contributed by atoms with Crippen LogP contribution in [0, 0.1) is 11.3 Å². The summed E-state index contributed by atoms with van der Waals surface area (Å²) in [6.07, 6.45) is 2.73. The topological polar surface area (TPSA) is 74.6 Å². The van der Waals surface area contributed by atoms with Crippen molar-refractivity contribution < 1.29 is 14.3 Å². The average Bonchev–Trinajstić information content (AvgIpc) is 2.78. The normalized spacial score (nSPS) is 16.0. The third-order valence-electron chi connectivity index (χ3n) is 5.15. The lowest BCUT2D eigenvalue weighted by Gasteiger charge is -2.38. The fourth-order valence-electron chi connectivity index (χ4n) is 3.54. The molecule has 6 nitrogen and oxygen atoms in total. The Morgan fingerprint density at radius 2 is 1.90 bits per heavy atom. The molecule has 1 N–H and O–H groups in total. The molecule has 1 aliphatic rings. The van der Waals surface area contributed by atoms with Gasteiger partial charge >= 0.3 is 0 Å². The molecule has 1 unspecified atom stereocenters. The van der Waals surface area contributed by atoms with Crippen molar-refractivity contribution in [2.24, 2.45) is 0 Å². The molecule has 0 saturated heterocycles. The van der Waals surface area contributed by atoms with Crippen molar-refractivity contribution in [3.8, 4) is 17.6 Å². The van der Waals surface area contributed by atoms with E-state index in [0.29, 0.717) is 23.1 Å². The summed E-state index contributed by atoms with van der Waals surface area (Å²) in [5.41, 5.74) is 2.84. The lowest BCUT2D eigenvalue weighted by Crippen LogP contribution is -2.46. The highest BCUT2D eigenvalue weighted by atomic mass is 32.1. The van der Waals surface area contributed by atoms with E-state index < -0.39 is 12.1 Å². The number of amides is 1. The van der Waals surface area contributed by atoms with E-state index in [1.807, 2.05) is 48.2 Å². The number of aryl methyl sites for hydroxylation is 1. The molecule has 0 bridgehead atoms. The number of methoxy groups -OCH3 is 1. The third-order valence-corrected chi connectivity index (χ3v) is 5.59. The first-order valence-electron chi connectivity index (χ1n) is 10.4. The average molecular weight is 438 g/mol. The van der Waals surface area contributed by atoms with Crippen molar-refractivity contribution in [3.05, 3.63) is 64.2 Å². The molecule has 0 aliphatic carbocycles. The largest absolute Gasteiger partial charge is 0.493 e. The quantitative estimate of drug-likeness (QED) is 0.584. The summed E-state index contributed by atoms with van der Waals surface area (Å²) in [6, 6.07) is 15.6. The molecule has 1 aliphatic heterocycles. The minimum atomic E-state index is -0.553. The maximum Gasteiger partial charge on any atom is 0.266 e. The Hall–Kier alpha value is -3.11. The Labute approximate surface area is 188 Å². The number of carbonyl (C=O) groups excluding carboxylic acids is 1. The van der Waals surface area contributed by atoms with Crippen molar-refractivity contribution >= 4 is 24.2 Å². The van der Waals surface area contributed by atoms with E-state index in [1.165, 1.54) is 5.56 Å². The predicted octanol–water partition coefficient (Wildman–Crippen LogP) is 4.74. The zero-order valence-electron chi connectivity index (χ0n) is 18.0. The van der Waals surface area contributed by atoms with Crippen LogP contribution >= 0.6 is 12.6 Å². The SMILES string of the molecule is CCCCc1ccc(N2C(S)=C(C#N)C(=O)NC2c2ccc(OCC)c(OC)c2)cc1. The van der Waals surface area contributed by atoms with Crippen molar-refractivity contribution in [2.75, 3.05) is 18.6 Å². The molecule has 3 rings (SSSR count). The molecule has 1 amide bonds. The molecule has 0 saturated carbocycles. The Morgan fingerprint density at radius 3 is 2.52 bits per heavy atom. The van der Waals surface area contributed by atoms with Crippen LogP contribution in [0.1, 0.15) is 44.0 Å². The van der Waals surface area contributed by atoms with Crippen LogP contribution in [0.15, 0.2) is 53.1 Å². The summed E-state index contributed by atoms with van der Waals surface area (Å²) in [4.78, 5) is 14.4. The minimum Gasteiger partial charge on any atom is -0.493 e. The maximum atomic E-state index is 12.6. The molecule has 162 valence electrons. The molecule has 1 atom stereocenters. The first-order chi connectivity index (χ1) is 15.0. The second kappa shape index (κ2) is 10.3. The fraction of sp³-hybridized carbons (Fsp3) is 0.333. The van der Waals surface area contributed by atoms with E-state index in [4.69, 9.17) is 9.47 Å². The van der Waals surface area contributed by atoms with Crippen LogP contribution in [0.4, 0.5) is 5.69 Å². The monoisotopic (exact) mass is 437 g/mol. The Balaban J connectivity index is 2.05. The number of anilines is 1. The fourth-order valence-corrected chi connectivity index (χ4v) is 3.93. The van der Waals surface area contributed by atoms with Crippen molar-refractivity contribution in [2.45, 2.75) is 39.3 Å². The van der Waals surface area contributed by atoms with Gasteiger partial charge in [-0.3, -0.25) is 4.79 Å². The van der Waals surface area contributed by atoms with E-state index in [1.54, 1.807) is 7.11 Å². The summed E-state index contributed by atoms with van der Waals surface area (Å²) < 4.78 is 11.1. The number of thiol groups is 1. The summed E-state index contributed by atoms with van der Waals surface area (Å²) in [6.45, 7) is 4.59. The Bertz CT molecular complexity index is 1010. The highest BCUT2D eigenvalue weighted by Gasteiger charge is 2.34. The van der Waals surface area contributed by atoms with E-state index in [9.17, 15) is 10.1 Å². The van der Waals surface area contributed by atoms with Crippen LogP contribution < -0.4 is 19.7 Å². The van der Waals surface area contributed by atoms with E-state index in [2.05, 4.69) is 37.0 Å². The number of nitriles is 1. The van der Waals surface area contributed by atoms with Gasteiger partial charge in [-0.05, 0) is 55.2 Å². The van der Waals surface area contributed by atoms with Gasteiger partial charge in [0, 0.05) is 5.69 Å². The molecule has 7 heteroatoms. The molecule has 0 fully saturated rings. The van der Waals surface area contributed by atoms with Gasteiger partial charge in [0.25, 0.3) is 5.91 Å². The number of hydrogen-bond donors (Lipinski definition) is 2. The number of nitrogens with zero attached hydrogens (tertiary/aromatic N) is 2. The third kappa shape index (κ3) is 4.80. The van der Waals surface area contributed by atoms with Crippen molar-refractivity contribution in [3.63, 3.8) is 0 Å². The first-order valence-corrected chi connectivity index (χ1v) is 10.8. The van der Waals surface area contributed by atoms with Gasteiger partial charge in [-0.1, -0.05) is 31.5 Å². The zero-order valence-corrected chi connectivity index (χ0v) is 18.9. The highest BCUT2D eigenvalue weighted by molar-refractivity contribution is 7.84. The standard InChI is InChI=1S/C24H27N3O3S/c1-4-6-7-16-8-11-18(12-9-16)27-22(26-23(28)19(15-25)24(27)31)17-10-13-20(30-5-2)21(14-17)29-3/h8-14,22,31H,4-7H2,1-3H3,(H,26,28). The second-order valence-corrected chi connectivity index (χ2v) is 7.59. The minimum absolute atomic E-state index is 0.0208. The van der Waals surface area contributed by atoms with Gasteiger partial charge < -0.3 is 19.7 Å². The Morgan fingerprint density at radius 1 is 1.16 bits per heavy atom. The predicted molar refractivity (Wildman–Crippen MR) is 124 cm³/mol. The number of carbonyl (C=O) groups is 1. The lowest BCUT2D eigenvalue weighted by atomic mass is 10.0. The summed E-state index contributed by atoms with van der Waals surface area (Å²) in [5.74, 6) is 0.738. The van der Waals surface area contributed by atoms with Crippen LogP contribution in [-0.4, -0.2) is 19.6 Å². The highest BCUT2D eigenvalue weighted by Crippen LogP contribution is 2.38. The molecule has 2 aromatic rings. The molecule has 31 heavy (non-hydrogen) atoms. The molecule has 0 spiro atoms. The zero-order chi connectivity index (χ0) is 22.4.